The minimum atomic E-state index is -3.59. The van der Waals surface area contributed by atoms with E-state index >= 15 is 0 Å². The maximum Gasteiger partial charge on any atom is 0.267 e. The average Bonchev–Trinajstić information content (AvgIpc) is 2.55. The zero-order valence-electron chi connectivity index (χ0n) is 13.1. The summed E-state index contributed by atoms with van der Waals surface area (Å²) < 4.78 is 32.1. The molecule has 9 heteroatoms. The number of benzene rings is 2. The SMILES string of the molecule is CS(=O)(=O)N1C[C@H](C(=O)Nc2ccc(I)cc2)Oc2ccc(Cl)cc21. The second-order valence-corrected chi connectivity index (χ2v) is 9.10. The van der Waals surface area contributed by atoms with Gasteiger partial charge in [0.25, 0.3) is 5.91 Å². The molecule has 1 heterocycles. The number of anilines is 2. The maximum atomic E-state index is 12.5. The highest BCUT2D eigenvalue weighted by Crippen LogP contribution is 2.37. The smallest absolute Gasteiger partial charge is 0.267 e. The second kappa shape index (κ2) is 7.00. The Labute approximate surface area is 164 Å². The molecule has 2 aromatic rings. The van der Waals surface area contributed by atoms with Gasteiger partial charge in [-0.3, -0.25) is 9.10 Å². The summed E-state index contributed by atoms with van der Waals surface area (Å²) in [6.45, 7) is -0.123. The monoisotopic (exact) mass is 492 g/mol. The van der Waals surface area contributed by atoms with Crippen molar-refractivity contribution in [1.82, 2.24) is 0 Å². The molecule has 6 nitrogen and oxygen atoms in total. The molecule has 0 fully saturated rings. The molecule has 0 unspecified atom stereocenters. The molecule has 0 saturated heterocycles. The Hall–Kier alpha value is -1.52. The number of nitrogens with zero attached hydrogens (tertiary/aromatic N) is 1. The van der Waals surface area contributed by atoms with Crippen LogP contribution in [0, 0.1) is 3.57 Å². The fraction of sp³-hybridized carbons (Fsp3) is 0.188. The zero-order valence-corrected chi connectivity index (χ0v) is 16.8. The standard InChI is InChI=1S/C16H14ClIN2O4S/c1-25(22,23)20-9-15(24-14-7-2-10(17)8-13(14)20)16(21)19-12-5-3-11(18)4-6-12/h2-8,15H,9H2,1H3,(H,19,21)/t15-/m1/s1. The molecule has 1 aliphatic rings. The number of fused-ring (bicyclic) bond motifs is 1. The summed E-state index contributed by atoms with van der Waals surface area (Å²) in [6.07, 6.45) is 0.111. The third-order valence-electron chi connectivity index (χ3n) is 3.60. The first kappa shape index (κ1) is 18.3. The predicted octanol–water partition coefficient (Wildman–Crippen LogP) is 3.11. The lowest BCUT2D eigenvalue weighted by Crippen LogP contribution is -2.48. The summed E-state index contributed by atoms with van der Waals surface area (Å²) in [5.41, 5.74) is 0.940. The third-order valence-corrected chi connectivity index (χ3v) is 5.70. The van der Waals surface area contributed by atoms with Gasteiger partial charge in [-0.1, -0.05) is 11.6 Å². The largest absolute Gasteiger partial charge is 0.476 e. The number of carbonyl (C=O) groups is 1. The molecule has 1 amide bonds. The van der Waals surface area contributed by atoms with E-state index in [2.05, 4.69) is 27.9 Å². The Bertz CT molecular complexity index is 918. The van der Waals surface area contributed by atoms with Crippen molar-refractivity contribution in [3.63, 3.8) is 0 Å². The van der Waals surface area contributed by atoms with E-state index in [1.807, 2.05) is 12.1 Å². The fourth-order valence-corrected chi connectivity index (χ4v) is 3.86. The number of hydrogen-bond donors (Lipinski definition) is 1. The first-order valence-electron chi connectivity index (χ1n) is 7.24. The maximum absolute atomic E-state index is 12.5. The number of hydrogen-bond acceptors (Lipinski definition) is 4. The normalized spacial score (nSPS) is 16.8. The molecular weight excluding hydrogens is 479 g/mol. The van der Waals surface area contributed by atoms with Gasteiger partial charge in [0.2, 0.25) is 10.0 Å². The van der Waals surface area contributed by atoms with Crippen molar-refractivity contribution in [3.8, 4) is 5.75 Å². The van der Waals surface area contributed by atoms with Crippen molar-refractivity contribution in [2.45, 2.75) is 6.10 Å². The summed E-state index contributed by atoms with van der Waals surface area (Å²) in [6, 6.07) is 11.9. The molecule has 0 bridgehead atoms. The number of amides is 1. The zero-order chi connectivity index (χ0) is 18.2. The van der Waals surface area contributed by atoms with Gasteiger partial charge < -0.3 is 10.1 Å². The molecule has 3 rings (SSSR count). The minimum absolute atomic E-state index is 0.123. The van der Waals surface area contributed by atoms with E-state index in [0.717, 1.165) is 14.1 Å². The summed E-state index contributed by atoms with van der Waals surface area (Å²) >= 11 is 8.12. The Morgan fingerprint density at radius 2 is 1.96 bits per heavy atom. The number of halogens is 2. The van der Waals surface area contributed by atoms with Gasteiger partial charge in [-0.05, 0) is 65.1 Å². The van der Waals surface area contributed by atoms with Crippen LogP contribution in [-0.2, 0) is 14.8 Å². The number of sulfonamides is 1. The van der Waals surface area contributed by atoms with Crippen molar-refractivity contribution >= 4 is 61.5 Å². The Balaban J connectivity index is 1.87. The van der Waals surface area contributed by atoms with Crippen LogP contribution in [-0.4, -0.2) is 33.2 Å². The highest BCUT2D eigenvalue weighted by atomic mass is 127. The van der Waals surface area contributed by atoms with E-state index in [1.165, 1.54) is 6.07 Å². The Morgan fingerprint density at radius 1 is 1.28 bits per heavy atom. The molecule has 25 heavy (non-hydrogen) atoms. The summed E-state index contributed by atoms with van der Waals surface area (Å²) in [5.74, 6) is -0.126. The van der Waals surface area contributed by atoms with E-state index in [-0.39, 0.29) is 6.54 Å². The fourth-order valence-electron chi connectivity index (χ4n) is 2.43. The Morgan fingerprint density at radius 3 is 2.60 bits per heavy atom. The first-order valence-corrected chi connectivity index (χ1v) is 10.5. The lowest BCUT2D eigenvalue weighted by atomic mass is 10.2. The van der Waals surface area contributed by atoms with Gasteiger partial charge in [0, 0.05) is 14.3 Å². The van der Waals surface area contributed by atoms with Crippen molar-refractivity contribution in [2.75, 3.05) is 22.4 Å². The van der Waals surface area contributed by atoms with E-state index in [4.69, 9.17) is 16.3 Å². The van der Waals surface area contributed by atoms with Crippen molar-refractivity contribution in [1.29, 1.82) is 0 Å². The molecule has 0 radical (unpaired) electrons. The van der Waals surface area contributed by atoms with E-state index in [0.29, 0.717) is 22.1 Å². The average molecular weight is 493 g/mol. The minimum Gasteiger partial charge on any atom is -0.476 e. The van der Waals surface area contributed by atoms with Gasteiger partial charge in [-0.25, -0.2) is 8.42 Å². The lowest BCUT2D eigenvalue weighted by molar-refractivity contribution is -0.122. The van der Waals surface area contributed by atoms with Gasteiger partial charge in [0.05, 0.1) is 18.5 Å². The number of carbonyl (C=O) groups excluding carboxylic acids is 1. The van der Waals surface area contributed by atoms with Crippen molar-refractivity contribution in [3.05, 3.63) is 51.1 Å². The molecule has 0 aromatic heterocycles. The van der Waals surface area contributed by atoms with Gasteiger partial charge in [-0.2, -0.15) is 0 Å². The number of ether oxygens (including phenoxy) is 1. The van der Waals surface area contributed by atoms with Crippen LogP contribution in [0.2, 0.25) is 5.02 Å². The van der Waals surface area contributed by atoms with Gasteiger partial charge in [0.15, 0.2) is 6.10 Å². The number of nitrogens with one attached hydrogen (secondary N) is 1. The second-order valence-electron chi connectivity index (χ2n) is 5.51. The molecule has 0 spiro atoms. The molecule has 1 atom stereocenters. The molecule has 0 saturated carbocycles. The highest BCUT2D eigenvalue weighted by molar-refractivity contribution is 14.1. The van der Waals surface area contributed by atoms with Gasteiger partial charge >= 0.3 is 0 Å². The molecular formula is C16H14ClIN2O4S. The molecule has 132 valence electrons. The van der Waals surface area contributed by atoms with Gasteiger partial charge in [0.1, 0.15) is 5.75 Å². The van der Waals surface area contributed by atoms with E-state index in [9.17, 15) is 13.2 Å². The van der Waals surface area contributed by atoms with Crippen molar-refractivity contribution < 1.29 is 17.9 Å². The van der Waals surface area contributed by atoms with Crippen LogP contribution >= 0.6 is 34.2 Å². The lowest BCUT2D eigenvalue weighted by Gasteiger charge is -2.34. The Kier molecular flexibility index (Phi) is 5.12. The van der Waals surface area contributed by atoms with E-state index in [1.54, 1.807) is 24.3 Å². The van der Waals surface area contributed by atoms with Crippen LogP contribution in [0.15, 0.2) is 42.5 Å². The van der Waals surface area contributed by atoms with E-state index < -0.39 is 22.0 Å². The molecule has 0 aliphatic carbocycles. The van der Waals surface area contributed by atoms with Crippen LogP contribution in [0.5, 0.6) is 5.75 Å². The summed E-state index contributed by atoms with van der Waals surface area (Å²) in [7, 11) is -3.59. The molecule has 2 aromatic carbocycles. The third kappa shape index (κ3) is 4.18. The highest BCUT2D eigenvalue weighted by Gasteiger charge is 2.35. The quantitative estimate of drug-likeness (QED) is 0.668. The predicted molar refractivity (Wildman–Crippen MR) is 106 cm³/mol. The van der Waals surface area contributed by atoms with Crippen LogP contribution in [0.25, 0.3) is 0 Å². The number of rotatable bonds is 3. The van der Waals surface area contributed by atoms with Crippen LogP contribution in [0.1, 0.15) is 0 Å². The van der Waals surface area contributed by atoms with Crippen LogP contribution in [0.3, 0.4) is 0 Å². The van der Waals surface area contributed by atoms with Crippen molar-refractivity contribution in [2.24, 2.45) is 0 Å². The topological polar surface area (TPSA) is 75.7 Å². The summed E-state index contributed by atoms with van der Waals surface area (Å²) in [5, 5.41) is 3.13. The van der Waals surface area contributed by atoms with Gasteiger partial charge in [-0.15, -0.1) is 0 Å². The molecule has 1 aliphatic heterocycles. The first-order chi connectivity index (χ1) is 11.7. The summed E-state index contributed by atoms with van der Waals surface area (Å²) in [4.78, 5) is 12.5. The molecule has 1 N–H and O–H groups in total. The van der Waals surface area contributed by atoms with Crippen LogP contribution < -0.4 is 14.4 Å². The van der Waals surface area contributed by atoms with Crippen LogP contribution in [0.4, 0.5) is 11.4 Å².